The van der Waals surface area contributed by atoms with Crippen LogP contribution in [0.5, 0.6) is 5.75 Å². The van der Waals surface area contributed by atoms with E-state index in [9.17, 15) is 4.79 Å². The molecule has 1 saturated heterocycles. The summed E-state index contributed by atoms with van der Waals surface area (Å²) < 4.78 is 11.0. The molecule has 0 aliphatic carbocycles. The maximum absolute atomic E-state index is 12.4. The monoisotopic (exact) mass is 392 g/mol. The Hall–Kier alpha value is -3.19. The smallest absolute Gasteiger partial charge is 0.260 e. The van der Waals surface area contributed by atoms with Crippen LogP contribution in [0.2, 0.25) is 0 Å². The van der Waals surface area contributed by atoms with Crippen LogP contribution in [-0.4, -0.2) is 58.6 Å². The molecule has 150 valence electrons. The highest BCUT2D eigenvalue weighted by atomic mass is 16.5. The molecule has 1 amide bonds. The number of amides is 1. The van der Waals surface area contributed by atoms with Crippen LogP contribution in [0.3, 0.4) is 0 Å². The third-order valence-corrected chi connectivity index (χ3v) is 4.96. The number of carbonyl (C=O) groups excluding carboxylic acids is 1. The lowest BCUT2D eigenvalue weighted by Gasteiger charge is -2.33. The molecule has 3 aromatic rings. The number of carbonyl (C=O) groups is 1. The van der Waals surface area contributed by atoms with Gasteiger partial charge in [-0.2, -0.15) is 4.98 Å². The molecular weight excluding hydrogens is 368 g/mol. The van der Waals surface area contributed by atoms with E-state index in [1.165, 1.54) is 5.56 Å². The second kappa shape index (κ2) is 8.87. The molecule has 2 aromatic carbocycles. The highest BCUT2D eigenvalue weighted by Crippen LogP contribution is 2.18. The van der Waals surface area contributed by atoms with E-state index in [-0.39, 0.29) is 12.5 Å². The van der Waals surface area contributed by atoms with Gasteiger partial charge in [0, 0.05) is 31.7 Å². The summed E-state index contributed by atoms with van der Waals surface area (Å²) in [6, 6.07) is 17.4. The fraction of sp³-hybridized carbons (Fsp3) is 0.318. The predicted molar refractivity (Wildman–Crippen MR) is 108 cm³/mol. The Morgan fingerprint density at radius 2 is 1.76 bits per heavy atom. The number of piperazine rings is 1. The summed E-state index contributed by atoms with van der Waals surface area (Å²) in [6.45, 7) is 5.59. The maximum Gasteiger partial charge on any atom is 0.260 e. The molecule has 2 heterocycles. The SMILES string of the molecule is Cc1ccc(-c2nc(CN3CCN(C(=O)COc4ccccc4)CC3)no2)cc1. The lowest BCUT2D eigenvalue weighted by atomic mass is 10.1. The van der Waals surface area contributed by atoms with Gasteiger partial charge in [0.1, 0.15) is 5.75 Å². The molecule has 4 rings (SSSR count). The molecule has 0 bridgehead atoms. The van der Waals surface area contributed by atoms with Crippen LogP contribution in [0.15, 0.2) is 59.1 Å². The Balaban J connectivity index is 1.25. The Morgan fingerprint density at radius 3 is 2.48 bits per heavy atom. The predicted octanol–water partition coefficient (Wildman–Crippen LogP) is 2.77. The summed E-state index contributed by atoms with van der Waals surface area (Å²) in [4.78, 5) is 20.9. The fourth-order valence-electron chi connectivity index (χ4n) is 3.24. The van der Waals surface area contributed by atoms with E-state index in [1.807, 2.05) is 66.4 Å². The minimum Gasteiger partial charge on any atom is -0.484 e. The zero-order valence-corrected chi connectivity index (χ0v) is 16.5. The first-order valence-corrected chi connectivity index (χ1v) is 9.75. The van der Waals surface area contributed by atoms with Gasteiger partial charge in [-0.25, -0.2) is 0 Å². The normalized spacial score (nSPS) is 14.7. The van der Waals surface area contributed by atoms with Gasteiger partial charge in [0.2, 0.25) is 0 Å². The topological polar surface area (TPSA) is 71.7 Å². The average molecular weight is 392 g/mol. The van der Waals surface area contributed by atoms with Gasteiger partial charge in [0.25, 0.3) is 11.8 Å². The number of rotatable bonds is 6. The number of aromatic nitrogens is 2. The standard InChI is InChI=1S/C22H24N4O3/c1-17-7-9-18(10-8-17)22-23-20(24-29-22)15-25-11-13-26(14-12-25)21(27)16-28-19-5-3-2-4-6-19/h2-10H,11-16H2,1H3. The molecule has 7 heteroatoms. The third kappa shape index (κ3) is 5.00. The summed E-state index contributed by atoms with van der Waals surface area (Å²) in [5, 5.41) is 4.10. The zero-order chi connectivity index (χ0) is 20.1. The van der Waals surface area contributed by atoms with Crippen molar-refractivity contribution in [2.24, 2.45) is 0 Å². The summed E-state index contributed by atoms with van der Waals surface area (Å²) in [6.07, 6.45) is 0. The van der Waals surface area contributed by atoms with Gasteiger partial charge in [-0.05, 0) is 31.2 Å². The molecule has 0 spiro atoms. The molecule has 0 saturated carbocycles. The first-order chi connectivity index (χ1) is 14.2. The molecule has 0 N–H and O–H groups in total. The summed E-state index contributed by atoms with van der Waals surface area (Å²) in [5.74, 6) is 1.91. The van der Waals surface area contributed by atoms with Gasteiger partial charge in [-0.3, -0.25) is 9.69 Å². The minimum atomic E-state index is 0.00900. The van der Waals surface area contributed by atoms with Crippen LogP contribution in [0.1, 0.15) is 11.4 Å². The second-order valence-electron chi connectivity index (χ2n) is 7.14. The largest absolute Gasteiger partial charge is 0.484 e. The van der Waals surface area contributed by atoms with Gasteiger partial charge in [0.05, 0.1) is 6.54 Å². The fourth-order valence-corrected chi connectivity index (χ4v) is 3.24. The van der Waals surface area contributed by atoms with Crippen molar-refractivity contribution < 1.29 is 14.1 Å². The van der Waals surface area contributed by atoms with E-state index in [0.717, 1.165) is 18.7 Å². The molecular formula is C22H24N4O3. The van der Waals surface area contributed by atoms with Crippen molar-refractivity contribution in [3.05, 3.63) is 66.0 Å². The van der Waals surface area contributed by atoms with Crippen molar-refractivity contribution in [2.45, 2.75) is 13.5 Å². The first-order valence-electron chi connectivity index (χ1n) is 9.75. The van der Waals surface area contributed by atoms with Gasteiger partial charge in [0.15, 0.2) is 12.4 Å². The van der Waals surface area contributed by atoms with E-state index in [0.29, 0.717) is 37.1 Å². The summed E-state index contributed by atoms with van der Waals surface area (Å²) >= 11 is 0. The second-order valence-corrected chi connectivity index (χ2v) is 7.14. The van der Waals surface area contributed by atoms with Gasteiger partial charge in [-0.15, -0.1) is 0 Å². The maximum atomic E-state index is 12.4. The number of ether oxygens (including phenoxy) is 1. The van der Waals surface area contributed by atoms with Crippen molar-refractivity contribution in [2.75, 3.05) is 32.8 Å². The first kappa shape index (κ1) is 19.1. The number of hydrogen-bond donors (Lipinski definition) is 0. The van der Waals surface area contributed by atoms with Crippen molar-refractivity contribution in [1.29, 1.82) is 0 Å². The number of hydrogen-bond acceptors (Lipinski definition) is 6. The van der Waals surface area contributed by atoms with E-state index in [2.05, 4.69) is 15.0 Å². The van der Waals surface area contributed by atoms with Crippen LogP contribution in [0.25, 0.3) is 11.5 Å². The average Bonchev–Trinajstić information content (AvgIpc) is 3.22. The quantitative estimate of drug-likeness (QED) is 0.642. The van der Waals surface area contributed by atoms with Gasteiger partial charge in [-0.1, -0.05) is 41.1 Å². The molecule has 0 atom stereocenters. The van der Waals surface area contributed by atoms with Crippen molar-refractivity contribution in [3.63, 3.8) is 0 Å². The number of benzene rings is 2. The van der Waals surface area contributed by atoms with Crippen LogP contribution in [0, 0.1) is 6.92 Å². The molecule has 1 aromatic heterocycles. The van der Waals surface area contributed by atoms with Crippen molar-refractivity contribution in [3.8, 4) is 17.2 Å². The van der Waals surface area contributed by atoms with E-state index in [1.54, 1.807) is 0 Å². The zero-order valence-electron chi connectivity index (χ0n) is 16.5. The van der Waals surface area contributed by atoms with Gasteiger partial charge >= 0.3 is 0 Å². The van der Waals surface area contributed by atoms with E-state index < -0.39 is 0 Å². The molecule has 29 heavy (non-hydrogen) atoms. The number of nitrogens with zero attached hydrogens (tertiary/aromatic N) is 4. The van der Waals surface area contributed by atoms with E-state index in [4.69, 9.17) is 9.26 Å². The summed E-state index contributed by atoms with van der Waals surface area (Å²) in [7, 11) is 0. The van der Waals surface area contributed by atoms with Crippen LogP contribution in [0.4, 0.5) is 0 Å². The molecule has 0 radical (unpaired) electrons. The number of para-hydroxylation sites is 1. The molecule has 0 unspecified atom stereocenters. The van der Waals surface area contributed by atoms with Crippen LogP contribution >= 0.6 is 0 Å². The number of aryl methyl sites for hydroxylation is 1. The lowest BCUT2D eigenvalue weighted by molar-refractivity contribution is -0.135. The Morgan fingerprint density at radius 1 is 1.03 bits per heavy atom. The Kier molecular flexibility index (Phi) is 5.86. The molecule has 7 nitrogen and oxygen atoms in total. The minimum absolute atomic E-state index is 0.00900. The highest BCUT2D eigenvalue weighted by molar-refractivity contribution is 5.77. The lowest BCUT2D eigenvalue weighted by Crippen LogP contribution is -2.49. The van der Waals surface area contributed by atoms with Crippen LogP contribution < -0.4 is 4.74 Å². The van der Waals surface area contributed by atoms with E-state index >= 15 is 0 Å². The highest BCUT2D eigenvalue weighted by Gasteiger charge is 2.22. The third-order valence-electron chi connectivity index (χ3n) is 4.96. The van der Waals surface area contributed by atoms with Crippen molar-refractivity contribution >= 4 is 5.91 Å². The molecule has 1 aliphatic heterocycles. The molecule has 1 fully saturated rings. The van der Waals surface area contributed by atoms with Crippen LogP contribution in [-0.2, 0) is 11.3 Å². The summed E-state index contributed by atoms with van der Waals surface area (Å²) in [5.41, 5.74) is 2.11. The Labute approximate surface area is 169 Å². The van der Waals surface area contributed by atoms with Crippen molar-refractivity contribution in [1.82, 2.24) is 19.9 Å². The Bertz CT molecular complexity index is 932. The van der Waals surface area contributed by atoms with Gasteiger partial charge < -0.3 is 14.2 Å². The molecule has 1 aliphatic rings.